The maximum Gasteiger partial charge on any atom is 0.252 e. The molecule has 1 N–H and O–H groups in total. The number of pyridine rings is 1. The van der Waals surface area contributed by atoms with Crippen LogP contribution in [0.25, 0.3) is 11.0 Å². The average molecular weight is 592 g/mol. The molecule has 0 aliphatic carbocycles. The Hall–Kier alpha value is -3.86. The second kappa shape index (κ2) is 14.9. The summed E-state index contributed by atoms with van der Waals surface area (Å²) in [5, 5.41) is 4.09. The van der Waals surface area contributed by atoms with Gasteiger partial charge in [-0.05, 0) is 48.9 Å². The van der Waals surface area contributed by atoms with Crippen LogP contribution >= 0.6 is 11.8 Å². The lowest BCUT2D eigenvalue weighted by Crippen LogP contribution is -2.49. The van der Waals surface area contributed by atoms with Gasteiger partial charge in [-0.1, -0.05) is 26.5 Å². The molecule has 2 fully saturated rings. The van der Waals surface area contributed by atoms with Crippen molar-refractivity contribution in [2.45, 2.75) is 33.2 Å². The average Bonchev–Trinajstić information content (AvgIpc) is 3.01. The topological polar surface area (TPSA) is 104 Å². The van der Waals surface area contributed by atoms with Crippen LogP contribution in [-0.4, -0.2) is 87.4 Å². The molecule has 0 bridgehead atoms. The summed E-state index contributed by atoms with van der Waals surface area (Å²) in [5.41, 5.74) is 2.40. The first-order valence-corrected chi connectivity index (χ1v) is 16.0. The Bertz CT molecular complexity index is 1450. The molecule has 10 nitrogen and oxygen atoms in total. The lowest BCUT2D eigenvalue weighted by atomic mass is 9.96. The largest absolute Gasteiger partial charge is 0.368 e. The van der Waals surface area contributed by atoms with Gasteiger partial charge in [-0.2, -0.15) is 16.7 Å². The van der Waals surface area contributed by atoms with Crippen LogP contribution in [0.4, 0.5) is 17.3 Å². The van der Waals surface area contributed by atoms with Gasteiger partial charge in [-0.15, -0.1) is 0 Å². The summed E-state index contributed by atoms with van der Waals surface area (Å²) in [6.45, 7) is 12.4. The molecule has 0 saturated carbocycles. The lowest BCUT2D eigenvalue weighted by molar-refractivity contribution is -0.132. The van der Waals surface area contributed by atoms with Gasteiger partial charge in [-0.25, -0.2) is 4.98 Å². The summed E-state index contributed by atoms with van der Waals surface area (Å²) in [4.78, 5) is 52.0. The van der Waals surface area contributed by atoms with Crippen molar-refractivity contribution >= 4 is 51.9 Å². The number of fused-ring (bicyclic) bond motifs is 1. The van der Waals surface area contributed by atoms with E-state index in [0.29, 0.717) is 43.6 Å². The van der Waals surface area contributed by atoms with E-state index in [4.69, 9.17) is 4.98 Å². The number of aromatic nitrogens is 3. The SMILES string of the molecule is C=CC(=O)N1CC(CCn2c(=O)ccc3cnc(Nc4cccc(N5CCN(C(=O)CCSC)CC5)c4)nc32)C1.CC. The number of piperazine rings is 1. The van der Waals surface area contributed by atoms with Crippen molar-refractivity contribution in [3.63, 3.8) is 0 Å². The molecule has 2 aromatic heterocycles. The number of carbonyl (C=O) groups is 2. The molecular formula is C31H41N7O3S. The normalized spacial score (nSPS) is 15.1. The standard InChI is InChI=1S/C29H35N7O3S.C2H6/c1-3-25(37)35-19-21(20-35)9-11-36-27(39)8-7-22-18-30-29(32-28(22)36)31-23-5-4-6-24(17-23)33-12-14-34(15-13-33)26(38)10-16-40-2;1-2/h3-8,17-18,21H,1,9-16,19-20H2,2H3,(H,30,31,32);1-2H3. The monoisotopic (exact) mass is 591 g/mol. The summed E-state index contributed by atoms with van der Waals surface area (Å²) in [6, 6.07) is 11.4. The number of amides is 2. The van der Waals surface area contributed by atoms with Gasteiger partial charge in [0.1, 0.15) is 5.65 Å². The Kier molecular flexibility index (Phi) is 11.0. The number of hydrogen-bond donors (Lipinski definition) is 1. The molecule has 2 aliphatic rings. The van der Waals surface area contributed by atoms with Crippen LogP contribution in [0.2, 0.25) is 0 Å². The van der Waals surface area contributed by atoms with Gasteiger partial charge in [0, 0.05) is 87.0 Å². The molecular weight excluding hydrogens is 550 g/mol. The zero-order valence-electron chi connectivity index (χ0n) is 24.8. The van der Waals surface area contributed by atoms with Crippen LogP contribution in [0.1, 0.15) is 26.7 Å². The third-order valence-corrected chi connectivity index (χ3v) is 8.16. The second-order valence-corrected chi connectivity index (χ2v) is 11.2. The number of rotatable bonds is 10. The van der Waals surface area contributed by atoms with E-state index in [9.17, 15) is 14.4 Å². The van der Waals surface area contributed by atoms with Crippen molar-refractivity contribution in [1.82, 2.24) is 24.3 Å². The van der Waals surface area contributed by atoms with Crippen molar-refractivity contribution in [3.05, 3.63) is 65.6 Å². The second-order valence-electron chi connectivity index (χ2n) is 10.2. The molecule has 42 heavy (non-hydrogen) atoms. The molecule has 2 saturated heterocycles. The molecule has 0 spiro atoms. The molecule has 0 radical (unpaired) electrons. The Morgan fingerprint density at radius 1 is 1.10 bits per heavy atom. The minimum atomic E-state index is -0.108. The highest BCUT2D eigenvalue weighted by atomic mass is 32.2. The Balaban J connectivity index is 0.00000198. The fourth-order valence-corrected chi connectivity index (χ4v) is 5.57. The zero-order chi connectivity index (χ0) is 30.1. The first-order valence-electron chi connectivity index (χ1n) is 14.6. The summed E-state index contributed by atoms with van der Waals surface area (Å²) in [5.74, 6) is 1.80. The highest BCUT2D eigenvalue weighted by Crippen LogP contribution is 2.24. The highest BCUT2D eigenvalue weighted by molar-refractivity contribution is 7.98. The molecule has 1 aromatic carbocycles. The fraction of sp³-hybridized carbons (Fsp3) is 0.452. The number of carbonyl (C=O) groups excluding carboxylic acids is 2. The van der Waals surface area contributed by atoms with Gasteiger partial charge >= 0.3 is 0 Å². The van der Waals surface area contributed by atoms with Gasteiger partial charge in [0.15, 0.2) is 0 Å². The number of anilines is 3. The third kappa shape index (κ3) is 7.50. The summed E-state index contributed by atoms with van der Waals surface area (Å²) in [7, 11) is 0. The quantitative estimate of drug-likeness (QED) is 0.353. The number of nitrogens with zero attached hydrogens (tertiary/aromatic N) is 6. The van der Waals surface area contributed by atoms with E-state index in [2.05, 4.69) is 33.9 Å². The predicted octanol–water partition coefficient (Wildman–Crippen LogP) is 4.00. The first-order chi connectivity index (χ1) is 20.4. The van der Waals surface area contributed by atoms with E-state index >= 15 is 0 Å². The maximum absolute atomic E-state index is 12.8. The smallest absolute Gasteiger partial charge is 0.252 e. The summed E-state index contributed by atoms with van der Waals surface area (Å²) >= 11 is 1.70. The van der Waals surface area contributed by atoms with Crippen molar-refractivity contribution in [1.29, 1.82) is 0 Å². The Morgan fingerprint density at radius 2 is 1.86 bits per heavy atom. The third-order valence-electron chi connectivity index (χ3n) is 7.55. The maximum atomic E-state index is 12.8. The van der Waals surface area contributed by atoms with E-state index < -0.39 is 0 Å². The lowest BCUT2D eigenvalue weighted by Gasteiger charge is -2.38. The van der Waals surface area contributed by atoms with Crippen molar-refractivity contribution in [2.24, 2.45) is 5.92 Å². The van der Waals surface area contributed by atoms with Crippen molar-refractivity contribution < 1.29 is 9.59 Å². The molecule has 0 unspecified atom stereocenters. The summed E-state index contributed by atoms with van der Waals surface area (Å²) < 4.78 is 1.69. The van der Waals surface area contributed by atoms with Crippen LogP contribution in [0, 0.1) is 5.92 Å². The first kappa shape index (κ1) is 31.1. The molecule has 11 heteroatoms. The number of benzene rings is 1. The number of likely N-dealkylation sites (tertiary alicyclic amines) is 1. The van der Waals surface area contributed by atoms with Crippen LogP contribution in [0.5, 0.6) is 0 Å². The van der Waals surface area contributed by atoms with Gasteiger partial charge in [-0.3, -0.25) is 19.0 Å². The highest BCUT2D eigenvalue weighted by Gasteiger charge is 2.29. The molecule has 2 amide bonds. The minimum absolute atomic E-state index is 0.0508. The Morgan fingerprint density at radius 3 is 2.57 bits per heavy atom. The van der Waals surface area contributed by atoms with Crippen LogP contribution in [0.3, 0.4) is 0 Å². The van der Waals surface area contributed by atoms with E-state index in [1.54, 1.807) is 39.6 Å². The van der Waals surface area contributed by atoms with Crippen molar-refractivity contribution in [3.8, 4) is 0 Å². The van der Waals surface area contributed by atoms with Gasteiger partial charge in [0.2, 0.25) is 17.8 Å². The van der Waals surface area contributed by atoms with Gasteiger partial charge in [0.25, 0.3) is 5.56 Å². The molecule has 0 atom stereocenters. The number of nitrogens with one attached hydrogen (secondary N) is 1. The Labute approximate surface area is 251 Å². The van der Waals surface area contributed by atoms with E-state index in [1.807, 2.05) is 37.1 Å². The van der Waals surface area contributed by atoms with Crippen LogP contribution in [0.15, 0.2) is 60.0 Å². The number of aryl methyl sites for hydroxylation is 1. The zero-order valence-corrected chi connectivity index (χ0v) is 25.6. The van der Waals surface area contributed by atoms with Crippen LogP contribution < -0.4 is 15.8 Å². The van der Waals surface area contributed by atoms with Crippen molar-refractivity contribution in [2.75, 3.05) is 61.5 Å². The summed E-state index contributed by atoms with van der Waals surface area (Å²) in [6.07, 6.45) is 6.46. The van der Waals surface area contributed by atoms with E-state index in [1.165, 1.54) is 6.08 Å². The van der Waals surface area contributed by atoms with Gasteiger partial charge in [0.05, 0.1) is 0 Å². The van der Waals surface area contributed by atoms with E-state index in [-0.39, 0.29) is 17.4 Å². The fourth-order valence-electron chi connectivity index (χ4n) is 5.19. The number of hydrogen-bond acceptors (Lipinski definition) is 8. The molecule has 4 heterocycles. The minimum Gasteiger partial charge on any atom is -0.368 e. The van der Waals surface area contributed by atoms with E-state index in [0.717, 1.165) is 55.1 Å². The number of thioether (sulfide) groups is 1. The molecule has 2 aliphatic heterocycles. The predicted molar refractivity (Wildman–Crippen MR) is 172 cm³/mol. The molecule has 5 rings (SSSR count). The molecule has 3 aromatic rings. The molecule has 224 valence electrons. The van der Waals surface area contributed by atoms with Crippen LogP contribution in [-0.2, 0) is 16.1 Å². The van der Waals surface area contributed by atoms with Gasteiger partial charge < -0.3 is 20.0 Å².